The summed E-state index contributed by atoms with van der Waals surface area (Å²) in [5, 5.41) is 0.301. The van der Waals surface area contributed by atoms with Crippen molar-refractivity contribution in [2.45, 2.75) is 6.61 Å². The first-order valence-corrected chi connectivity index (χ1v) is 6.95. The summed E-state index contributed by atoms with van der Waals surface area (Å²) in [6.45, 7) is 0.260. The molecule has 1 aromatic heterocycles. The van der Waals surface area contributed by atoms with Crippen LogP contribution >= 0.6 is 0 Å². The predicted octanol–water partition coefficient (Wildman–Crippen LogP) is 2.78. The maximum Gasteiger partial charge on any atom is 0.397 e. The molecule has 0 saturated carbocycles. The number of fused-ring (bicyclic) bond motifs is 1. The highest BCUT2D eigenvalue weighted by Gasteiger charge is 2.13. The zero-order valence-corrected chi connectivity index (χ0v) is 12.7. The van der Waals surface area contributed by atoms with Crippen molar-refractivity contribution >= 4 is 10.9 Å². The second-order valence-electron chi connectivity index (χ2n) is 4.77. The first-order chi connectivity index (χ1) is 11.2. The molecule has 6 heteroatoms. The van der Waals surface area contributed by atoms with Crippen LogP contribution in [0.3, 0.4) is 0 Å². The number of methoxy groups -OCH3 is 2. The molecule has 0 aliphatic rings. The first-order valence-electron chi connectivity index (χ1n) is 6.95. The molecule has 0 bridgehead atoms. The third-order valence-electron chi connectivity index (χ3n) is 3.32. The maximum atomic E-state index is 12.1. The lowest BCUT2D eigenvalue weighted by Crippen LogP contribution is -2.06. The minimum Gasteiger partial charge on any atom is -0.493 e. The van der Waals surface area contributed by atoms with Crippen LogP contribution in [0, 0.1) is 0 Å². The molecule has 118 valence electrons. The van der Waals surface area contributed by atoms with Gasteiger partial charge < -0.3 is 18.6 Å². The van der Waals surface area contributed by atoms with E-state index in [2.05, 4.69) is 4.98 Å². The van der Waals surface area contributed by atoms with Crippen molar-refractivity contribution in [3.8, 4) is 17.6 Å². The van der Waals surface area contributed by atoms with Crippen LogP contribution in [0.4, 0.5) is 0 Å². The minimum atomic E-state index is -0.543. The van der Waals surface area contributed by atoms with Crippen molar-refractivity contribution in [2.24, 2.45) is 0 Å². The van der Waals surface area contributed by atoms with Gasteiger partial charge in [-0.2, -0.15) is 4.98 Å². The van der Waals surface area contributed by atoms with Gasteiger partial charge in [0.15, 0.2) is 11.5 Å². The molecule has 0 fully saturated rings. The Labute approximate surface area is 132 Å². The normalized spacial score (nSPS) is 10.5. The zero-order chi connectivity index (χ0) is 16.2. The van der Waals surface area contributed by atoms with E-state index in [-0.39, 0.29) is 12.7 Å². The molecular weight excluding hydrogens is 298 g/mol. The summed E-state index contributed by atoms with van der Waals surface area (Å²) in [7, 11) is 3.01. The summed E-state index contributed by atoms with van der Waals surface area (Å²) in [5.41, 5.74) is 0.824. The maximum absolute atomic E-state index is 12.1. The van der Waals surface area contributed by atoms with Gasteiger partial charge in [-0.15, -0.1) is 0 Å². The highest BCUT2D eigenvalue weighted by molar-refractivity contribution is 5.81. The van der Waals surface area contributed by atoms with E-state index >= 15 is 0 Å². The molecule has 0 radical (unpaired) electrons. The topological polar surface area (TPSA) is 70.8 Å². The summed E-state index contributed by atoms with van der Waals surface area (Å²) in [4.78, 5) is 16.3. The Morgan fingerprint density at radius 3 is 2.43 bits per heavy atom. The Kier molecular flexibility index (Phi) is 4.14. The quantitative estimate of drug-likeness (QED) is 0.721. The highest BCUT2D eigenvalue weighted by Crippen LogP contribution is 2.30. The molecule has 0 aliphatic carbocycles. The fourth-order valence-corrected chi connectivity index (χ4v) is 2.16. The summed E-state index contributed by atoms with van der Waals surface area (Å²) >= 11 is 0. The number of ether oxygens (including phenoxy) is 3. The van der Waals surface area contributed by atoms with E-state index in [0.29, 0.717) is 22.4 Å². The van der Waals surface area contributed by atoms with Gasteiger partial charge in [0, 0.05) is 12.1 Å². The number of hydrogen-bond acceptors (Lipinski definition) is 6. The Balaban J connectivity index is 1.95. The Bertz CT molecular complexity index is 873. The Morgan fingerprint density at radius 2 is 1.74 bits per heavy atom. The van der Waals surface area contributed by atoms with E-state index < -0.39 is 5.63 Å². The average Bonchev–Trinajstić information content (AvgIpc) is 2.59. The molecule has 6 nitrogen and oxygen atoms in total. The van der Waals surface area contributed by atoms with Gasteiger partial charge in [-0.25, -0.2) is 4.79 Å². The standard InChI is InChI=1S/C17H15NO5/c1-20-14-8-12-13(9-15(14)21-2)18-17(23-16(12)19)22-10-11-6-4-3-5-7-11/h3-9H,10H2,1-2H3. The van der Waals surface area contributed by atoms with Crippen molar-refractivity contribution in [3.63, 3.8) is 0 Å². The molecule has 0 unspecified atom stereocenters. The molecule has 1 heterocycles. The van der Waals surface area contributed by atoms with Gasteiger partial charge in [-0.1, -0.05) is 30.3 Å². The zero-order valence-electron chi connectivity index (χ0n) is 12.7. The van der Waals surface area contributed by atoms with Crippen LogP contribution in [0.5, 0.6) is 17.6 Å². The summed E-state index contributed by atoms with van der Waals surface area (Å²) in [6, 6.07) is 12.7. The number of hydrogen-bond donors (Lipinski definition) is 0. The molecule has 0 amide bonds. The number of rotatable bonds is 5. The van der Waals surface area contributed by atoms with Crippen LogP contribution in [0.1, 0.15) is 5.56 Å². The number of nitrogens with zero attached hydrogens (tertiary/aromatic N) is 1. The van der Waals surface area contributed by atoms with Gasteiger partial charge >= 0.3 is 11.7 Å². The van der Waals surface area contributed by atoms with Gasteiger partial charge in [0.25, 0.3) is 0 Å². The fraction of sp³-hybridized carbons (Fsp3) is 0.176. The van der Waals surface area contributed by atoms with Gasteiger partial charge in [-0.3, -0.25) is 0 Å². The van der Waals surface area contributed by atoms with Crippen molar-refractivity contribution < 1.29 is 18.6 Å². The van der Waals surface area contributed by atoms with Gasteiger partial charge in [0.1, 0.15) is 6.61 Å². The van der Waals surface area contributed by atoms with E-state index in [4.69, 9.17) is 18.6 Å². The van der Waals surface area contributed by atoms with Crippen LogP contribution < -0.4 is 19.8 Å². The SMILES string of the molecule is COc1cc2nc(OCc3ccccc3)oc(=O)c2cc1OC. The molecule has 3 rings (SSSR count). The molecule has 0 atom stereocenters. The molecule has 23 heavy (non-hydrogen) atoms. The van der Waals surface area contributed by atoms with Crippen molar-refractivity contribution in [1.82, 2.24) is 4.98 Å². The largest absolute Gasteiger partial charge is 0.493 e. The second kappa shape index (κ2) is 6.39. The second-order valence-corrected chi connectivity index (χ2v) is 4.77. The van der Waals surface area contributed by atoms with Crippen molar-refractivity contribution in [1.29, 1.82) is 0 Å². The van der Waals surface area contributed by atoms with Crippen molar-refractivity contribution in [2.75, 3.05) is 14.2 Å². The summed E-state index contributed by atoms with van der Waals surface area (Å²) in [5.74, 6) is 0.916. The van der Waals surface area contributed by atoms with E-state index in [1.54, 1.807) is 6.07 Å². The highest BCUT2D eigenvalue weighted by atomic mass is 16.6. The average molecular weight is 313 g/mol. The van der Waals surface area contributed by atoms with E-state index in [0.717, 1.165) is 5.56 Å². The smallest absolute Gasteiger partial charge is 0.397 e. The first kappa shape index (κ1) is 14.9. The van der Waals surface area contributed by atoms with E-state index in [1.807, 2.05) is 30.3 Å². The van der Waals surface area contributed by atoms with Gasteiger partial charge in [-0.05, 0) is 5.56 Å². The monoisotopic (exact) mass is 313 g/mol. The van der Waals surface area contributed by atoms with Crippen LogP contribution in [-0.4, -0.2) is 19.2 Å². The third kappa shape index (κ3) is 3.11. The molecule has 0 aliphatic heterocycles. The lowest BCUT2D eigenvalue weighted by Gasteiger charge is -2.09. The fourth-order valence-electron chi connectivity index (χ4n) is 2.16. The van der Waals surface area contributed by atoms with Crippen LogP contribution in [0.2, 0.25) is 0 Å². The predicted molar refractivity (Wildman–Crippen MR) is 84.2 cm³/mol. The van der Waals surface area contributed by atoms with Crippen molar-refractivity contribution in [3.05, 3.63) is 58.4 Å². The molecular formula is C17H15NO5. The summed E-state index contributed by atoms with van der Waals surface area (Å²) in [6.07, 6.45) is -0.0847. The number of benzene rings is 2. The molecule has 0 spiro atoms. The van der Waals surface area contributed by atoms with Gasteiger partial charge in [0.2, 0.25) is 0 Å². The van der Waals surface area contributed by atoms with E-state index in [1.165, 1.54) is 20.3 Å². The number of aromatic nitrogens is 1. The summed E-state index contributed by atoms with van der Waals surface area (Å²) < 4.78 is 20.9. The Morgan fingerprint density at radius 1 is 1.04 bits per heavy atom. The lowest BCUT2D eigenvalue weighted by molar-refractivity contribution is 0.207. The molecule has 0 N–H and O–H groups in total. The molecule has 0 saturated heterocycles. The van der Waals surface area contributed by atoms with Gasteiger partial charge in [0.05, 0.1) is 25.1 Å². The minimum absolute atomic E-state index is 0.0847. The van der Waals surface area contributed by atoms with E-state index in [9.17, 15) is 4.79 Å². The third-order valence-corrected chi connectivity index (χ3v) is 3.32. The molecule has 2 aromatic carbocycles. The molecule has 3 aromatic rings. The lowest BCUT2D eigenvalue weighted by atomic mass is 10.2. The van der Waals surface area contributed by atoms with Crippen LogP contribution in [0.15, 0.2) is 51.7 Å². The van der Waals surface area contributed by atoms with Crippen LogP contribution in [0.25, 0.3) is 10.9 Å². The Hall–Kier alpha value is -3.02. The van der Waals surface area contributed by atoms with Crippen LogP contribution in [-0.2, 0) is 6.61 Å².